The number of unbranched alkanes of at least 4 members (excludes halogenated alkanes) is 21. The van der Waals surface area contributed by atoms with Crippen molar-refractivity contribution in [2.75, 3.05) is 47.5 Å². The van der Waals surface area contributed by atoms with Gasteiger partial charge in [-0.1, -0.05) is 257 Å². The van der Waals surface area contributed by atoms with E-state index < -0.39 is 32.5 Å². The second kappa shape index (κ2) is 59.8. The third-order valence-corrected chi connectivity index (χ3v) is 14.2. The SMILES string of the molecule is CC/C=C\C/C=C\C/C=C\C/C=C\C/C=C\C/C=C\CCCCCCCCCCCCCCCCCCCCC(=O)OC(COC(=O)CCCCC/C=C\C/C=C\C/C=C\C/C=C\C/C=C\CC)COP(=O)(O)OCC[N+](C)(C)C. The molecule has 0 spiro atoms. The smallest absolute Gasteiger partial charge is 0.462 e. The third-order valence-electron chi connectivity index (χ3n) is 13.2. The Morgan fingerprint density at radius 2 is 0.675 bits per heavy atom. The first-order valence-electron chi connectivity index (χ1n) is 31.9. The van der Waals surface area contributed by atoms with Crippen molar-refractivity contribution in [3.63, 3.8) is 0 Å². The molecule has 10 heteroatoms. The standard InChI is InChI=1S/C70H118NO8P/c1-6-8-10-12-14-16-18-20-22-24-26-27-28-29-30-31-32-33-34-35-36-37-38-39-40-41-42-43-45-47-49-51-53-55-57-59-61-63-70(73)79-68(67-78-80(74,75)77-65-64-71(3,4)5)66-76-69(72)62-60-58-56-54-52-50-48-46-44-25-23-21-19-17-15-13-11-9-7-2/h8-11,14-17,20-23,26-27,29-30,32-33,44,46,50,52,68H,6-7,12-13,18-19,24-25,28,31,34-43,45,47-49,51,53-67H2,1-5H3/p+1/b10-8-,11-9-,16-14-,17-15-,22-20-,23-21-,27-26-,30-29-,33-32-,46-44-,52-50-. The fraction of sp³-hybridized carbons (Fsp3) is 0.657. The molecule has 9 nitrogen and oxygen atoms in total. The van der Waals surface area contributed by atoms with Gasteiger partial charge in [0.15, 0.2) is 6.10 Å². The summed E-state index contributed by atoms with van der Waals surface area (Å²) in [5.74, 6) is -0.838. The lowest BCUT2D eigenvalue weighted by Crippen LogP contribution is -2.37. The van der Waals surface area contributed by atoms with E-state index in [0.29, 0.717) is 23.9 Å². The van der Waals surface area contributed by atoms with Crippen LogP contribution in [0.2, 0.25) is 0 Å². The van der Waals surface area contributed by atoms with Gasteiger partial charge in [-0.2, -0.15) is 0 Å². The summed E-state index contributed by atoms with van der Waals surface area (Å²) in [7, 11) is 1.45. The highest BCUT2D eigenvalue weighted by molar-refractivity contribution is 7.47. The maximum atomic E-state index is 12.8. The molecule has 0 aliphatic rings. The highest BCUT2D eigenvalue weighted by Crippen LogP contribution is 2.43. The molecule has 0 amide bonds. The van der Waals surface area contributed by atoms with Crippen LogP contribution in [0.4, 0.5) is 0 Å². The van der Waals surface area contributed by atoms with E-state index in [9.17, 15) is 19.0 Å². The number of carbonyl (C=O) groups excluding carboxylic acids is 2. The molecule has 456 valence electrons. The summed E-state index contributed by atoms with van der Waals surface area (Å²) in [6.07, 6.45) is 86.9. The van der Waals surface area contributed by atoms with Gasteiger partial charge in [-0.25, -0.2) is 4.57 Å². The second-order valence-corrected chi connectivity index (χ2v) is 23.5. The normalized spacial score (nSPS) is 14.1. The van der Waals surface area contributed by atoms with E-state index in [1.54, 1.807) is 0 Å². The van der Waals surface area contributed by atoms with Crippen LogP contribution in [0.25, 0.3) is 0 Å². The van der Waals surface area contributed by atoms with E-state index in [4.69, 9.17) is 18.5 Å². The van der Waals surface area contributed by atoms with E-state index >= 15 is 0 Å². The van der Waals surface area contributed by atoms with Crippen molar-refractivity contribution >= 4 is 19.8 Å². The minimum absolute atomic E-state index is 0.0207. The summed E-state index contributed by atoms with van der Waals surface area (Å²) in [5.41, 5.74) is 0. The topological polar surface area (TPSA) is 108 Å². The predicted octanol–water partition coefficient (Wildman–Crippen LogP) is 20.5. The number of likely N-dealkylation sites (N-methyl/N-ethyl adjacent to an activating group) is 1. The van der Waals surface area contributed by atoms with Crippen molar-refractivity contribution in [2.45, 2.75) is 251 Å². The molecule has 2 atom stereocenters. The van der Waals surface area contributed by atoms with Gasteiger partial charge in [0, 0.05) is 12.8 Å². The summed E-state index contributed by atoms with van der Waals surface area (Å²) in [5, 5.41) is 0. The number of esters is 2. The van der Waals surface area contributed by atoms with Crippen LogP contribution in [0.3, 0.4) is 0 Å². The lowest BCUT2D eigenvalue weighted by Gasteiger charge is -2.24. The molecule has 0 rings (SSSR count). The lowest BCUT2D eigenvalue weighted by atomic mass is 10.0. The summed E-state index contributed by atoms with van der Waals surface area (Å²) in [6, 6.07) is 0. The first-order chi connectivity index (χ1) is 39.0. The van der Waals surface area contributed by atoms with Crippen molar-refractivity contribution in [2.24, 2.45) is 0 Å². The van der Waals surface area contributed by atoms with Crippen LogP contribution >= 0.6 is 7.82 Å². The molecule has 0 aromatic heterocycles. The molecule has 0 heterocycles. The van der Waals surface area contributed by atoms with Crippen molar-refractivity contribution in [1.29, 1.82) is 0 Å². The molecule has 0 saturated heterocycles. The number of phosphoric acid groups is 1. The van der Waals surface area contributed by atoms with Crippen LogP contribution in [0.5, 0.6) is 0 Å². The molecule has 0 saturated carbocycles. The van der Waals surface area contributed by atoms with Crippen LogP contribution in [0, 0.1) is 0 Å². The zero-order valence-electron chi connectivity index (χ0n) is 51.8. The van der Waals surface area contributed by atoms with Gasteiger partial charge in [0.25, 0.3) is 0 Å². The molecule has 0 aromatic carbocycles. The minimum Gasteiger partial charge on any atom is -0.462 e. The number of nitrogens with zero attached hydrogens (tertiary/aromatic N) is 1. The Hall–Kier alpha value is -3.85. The number of carbonyl (C=O) groups is 2. The average molecular weight is 1130 g/mol. The predicted molar refractivity (Wildman–Crippen MR) is 344 cm³/mol. The summed E-state index contributed by atoms with van der Waals surface area (Å²) in [4.78, 5) is 35.7. The number of quaternary nitrogens is 1. The highest BCUT2D eigenvalue weighted by atomic mass is 31.2. The number of rotatable bonds is 57. The van der Waals surface area contributed by atoms with E-state index in [0.717, 1.165) is 109 Å². The molecule has 1 N–H and O–H groups in total. The van der Waals surface area contributed by atoms with Gasteiger partial charge in [0.05, 0.1) is 27.7 Å². The molecule has 0 aliphatic carbocycles. The summed E-state index contributed by atoms with van der Waals surface area (Å²) < 4.78 is 34.6. The Morgan fingerprint density at radius 1 is 0.388 bits per heavy atom. The van der Waals surface area contributed by atoms with Gasteiger partial charge in [-0.15, -0.1) is 0 Å². The van der Waals surface area contributed by atoms with Gasteiger partial charge in [0.2, 0.25) is 0 Å². The largest absolute Gasteiger partial charge is 0.472 e. The van der Waals surface area contributed by atoms with Crippen molar-refractivity contribution in [3.05, 3.63) is 134 Å². The van der Waals surface area contributed by atoms with E-state index in [2.05, 4.69) is 148 Å². The fourth-order valence-corrected chi connectivity index (χ4v) is 9.08. The number of hydrogen-bond donors (Lipinski definition) is 1. The van der Waals surface area contributed by atoms with Gasteiger partial charge in [-0.3, -0.25) is 18.6 Å². The number of ether oxygens (including phenoxy) is 2. The van der Waals surface area contributed by atoms with Crippen molar-refractivity contribution < 1.29 is 42.1 Å². The number of hydrogen-bond acceptors (Lipinski definition) is 7. The van der Waals surface area contributed by atoms with E-state index in [1.807, 2.05) is 21.1 Å². The molecule has 80 heavy (non-hydrogen) atoms. The maximum absolute atomic E-state index is 12.8. The Bertz CT molecular complexity index is 1810. The molecule has 0 radical (unpaired) electrons. The van der Waals surface area contributed by atoms with Crippen LogP contribution in [0.15, 0.2) is 134 Å². The first-order valence-corrected chi connectivity index (χ1v) is 33.4. The van der Waals surface area contributed by atoms with Gasteiger partial charge < -0.3 is 18.9 Å². The molecule has 0 bridgehead atoms. The first kappa shape index (κ1) is 76.1. The maximum Gasteiger partial charge on any atom is 0.472 e. The molecular weight excluding hydrogens is 1010 g/mol. The molecule has 0 aromatic rings. The Kier molecular flexibility index (Phi) is 56.9. The van der Waals surface area contributed by atoms with Crippen LogP contribution in [0.1, 0.15) is 245 Å². The van der Waals surface area contributed by atoms with Gasteiger partial charge in [-0.05, 0) is 109 Å². The summed E-state index contributed by atoms with van der Waals surface area (Å²) >= 11 is 0. The zero-order chi connectivity index (χ0) is 58.4. The highest BCUT2D eigenvalue weighted by Gasteiger charge is 2.27. The quantitative estimate of drug-likeness (QED) is 0.0211. The molecule has 2 unspecified atom stereocenters. The molecule has 0 aliphatic heterocycles. The van der Waals surface area contributed by atoms with Crippen LogP contribution < -0.4 is 0 Å². The Labute approximate surface area is 491 Å². The Morgan fingerprint density at radius 3 is 1.01 bits per heavy atom. The van der Waals surface area contributed by atoms with Gasteiger partial charge >= 0.3 is 19.8 Å². The summed E-state index contributed by atoms with van der Waals surface area (Å²) in [6.45, 7) is 4.16. The van der Waals surface area contributed by atoms with Crippen molar-refractivity contribution in [1.82, 2.24) is 0 Å². The molecular formula is C70H119NO8P+. The van der Waals surface area contributed by atoms with Gasteiger partial charge in [0.1, 0.15) is 19.8 Å². The van der Waals surface area contributed by atoms with Crippen LogP contribution in [-0.4, -0.2) is 74.9 Å². The zero-order valence-corrected chi connectivity index (χ0v) is 52.7. The fourth-order valence-electron chi connectivity index (χ4n) is 8.34. The monoisotopic (exact) mass is 1130 g/mol. The lowest BCUT2D eigenvalue weighted by molar-refractivity contribution is -0.870. The number of allylic oxidation sites excluding steroid dienone is 22. The average Bonchev–Trinajstić information content (AvgIpc) is 3.42. The molecule has 0 fully saturated rings. The Balaban J connectivity index is 4.07. The van der Waals surface area contributed by atoms with Crippen molar-refractivity contribution in [3.8, 4) is 0 Å². The number of phosphoric ester groups is 1. The third kappa shape index (κ3) is 63.3. The minimum atomic E-state index is -4.40. The second-order valence-electron chi connectivity index (χ2n) is 22.0. The van der Waals surface area contributed by atoms with Crippen LogP contribution in [-0.2, 0) is 32.7 Å². The van der Waals surface area contributed by atoms with E-state index in [-0.39, 0.29) is 26.1 Å². The van der Waals surface area contributed by atoms with E-state index in [1.165, 1.54) is 96.3 Å².